The number of unbranched alkanes of at least 4 members (excludes halogenated alkanes) is 1. The molecular formula is C24H31FN2O2S. The van der Waals surface area contributed by atoms with Gasteiger partial charge in [-0.15, -0.1) is 11.3 Å². The van der Waals surface area contributed by atoms with Crippen molar-refractivity contribution in [2.24, 2.45) is 5.41 Å². The number of nitrogens with zero attached hydrogens (tertiary/aromatic N) is 2. The summed E-state index contributed by atoms with van der Waals surface area (Å²) in [5.41, 5.74) is 1.46. The van der Waals surface area contributed by atoms with Gasteiger partial charge >= 0.3 is 0 Å². The Labute approximate surface area is 182 Å². The molecule has 30 heavy (non-hydrogen) atoms. The van der Waals surface area contributed by atoms with Crippen molar-refractivity contribution in [1.82, 2.24) is 9.80 Å². The maximum Gasteiger partial charge on any atom is 0.242 e. The third-order valence-corrected chi connectivity index (χ3v) is 6.51. The van der Waals surface area contributed by atoms with Gasteiger partial charge < -0.3 is 9.80 Å². The fraction of sp³-hybridized carbons (Fsp3) is 0.500. The third kappa shape index (κ3) is 4.91. The number of carbonyl (C=O) groups excluding carboxylic acids is 2. The van der Waals surface area contributed by atoms with E-state index in [0.717, 1.165) is 30.4 Å². The van der Waals surface area contributed by atoms with Crippen LogP contribution in [-0.4, -0.2) is 41.2 Å². The molecule has 0 radical (unpaired) electrons. The first-order valence-electron chi connectivity index (χ1n) is 10.6. The second-order valence-electron chi connectivity index (χ2n) is 8.92. The Morgan fingerprint density at radius 2 is 1.90 bits per heavy atom. The minimum atomic E-state index is -0.535. The summed E-state index contributed by atoms with van der Waals surface area (Å²) >= 11 is 1.70. The Kier molecular flexibility index (Phi) is 6.96. The average Bonchev–Trinajstić information content (AvgIpc) is 3.18. The van der Waals surface area contributed by atoms with Gasteiger partial charge in [-0.3, -0.25) is 9.59 Å². The van der Waals surface area contributed by atoms with Crippen molar-refractivity contribution in [3.05, 3.63) is 57.5 Å². The van der Waals surface area contributed by atoms with Crippen LogP contribution in [0.3, 0.4) is 0 Å². The zero-order valence-electron chi connectivity index (χ0n) is 18.3. The molecule has 0 spiro atoms. The predicted molar refractivity (Wildman–Crippen MR) is 119 cm³/mol. The molecule has 1 aromatic carbocycles. The highest BCUT2D eigenvalue weighted by Gasteiger charge is 2.35. The molecule has 4 nitrogen and oxygen atoms in total. The standard InChI is InChI=1S/C24H31FN2O2S/c1-5-6-13-26(23(29)24(2,3)4)16-21(28)27-14-11-20-19(12-15-30-20)22(27)17-7-9-18(25)10-8-17/h7-10,12,15,22H,5-6,11,13-14,16H2,1-4H3/t22-/m0/s1. The SMILES string of the molecule is CCCCN(CC(=O)N1CCc2sccc2[C@@H]1c1ccc(F)cc1)C(=O)C(C)(C)C. The number of fused-ring (bicyclic) bond motifs is 1. The van der Waals surface area contributed by atoms with Crippen molar-refractivity contribution in [1.29, 1.82) is 0 Å². The highest BCUT2D eigenvalue weighted by atomic mass is 32.1. The van der Waals surface area contributed by atoms with Crippen molar-refractivity contribution in [2.45, 2.75) is 53.0 Å². The van der Waals surface area contributed by atoms with Crippen LogP contribution in [0.15, 0.2) is 35.7 Å². The first kappa shape index (κ1) is 22.5. The quantitative estimate of drug-likeness (QED) is 0.644. The predicted octanol–water partition coefficient (Wildman–Crippen LogP) is 5.04. The summed E-state index contributed by atoms with van der Waals surface area (Å²) in [5, 5.41) is 2.05. The van der Waals surface area contributed by atoms with Gasteiger partial charge in [0.15, 0.2) is 0 Å². The summed E-state index contributed by atoms with van der Waals surface area (Å²) < 4.78 is 13.5. The van der Waals surface area contributed by atoms with Gasteiger partial charge in [-0.05, 0) is 47.5 Å². The second kappa shape index (κ2) is 9.29. The number of carbonyl (C=O) groups is 2. The van der Waals surface area contributed by atoms with Crippen LogP contribution < -0.4 is 0 Å². The smallest absolute Gasteiger partial charge is 0.242 e. The van der Waals surface area contributed by atoms with Gasteiger partial charge in [0.25, 0.3) is 0 Å². The molecule has 1 aliphatic heterocycles. The minimum absolute atomic E-state index is 0.00383. The van der Waals surface area contributed by atoms with Crippen molar-refractivity contribution < 1.29 is 14.0 Å². The maximum atomic E-state index is 13.5. The van der Waals surface area contributed by atoms with Gasteiger partial charge in [0.05, 0.1) is 12.6 Å². The molecule has 2 amide bonds. The Morgan fingerprint density at radius 3 is 2.53 bits per heavy atom. The summed E-state index contributed by atoms with van der Waals surface area (Å²) in [7, 11) is 0. The van der Waals surface area contributed by atoms with E-state index in [0.29, 0.717) is 13.1 Å². The van der Waals surface area contributed by atoms with Crippen molar-refractivity contribution in [3.8, 4) is 0 Å². The van der Waals surface area contributed by atoms with Gasteiger partial charge in [-0.1, -0.05) is 46.2 Å². The Morgan fingerprint density at radius 1 is 1.20 bits per heavy atom. The van der Waals surface area contributed by atoms with E-state index < -0.39 is 5.41 Å². The van der Waals surface area contributed by atoms with E-state index in [4.69, 9.17) is 0 Å². The summed E-state index contributed by atoms with van der Waals surface area (Å²) in [5.74, 6) is -0.356. The highest BCUT2D eigenvalue weighted by molar-refractivity contribution is 7.10. The molecule has 0 unspecified atom stereocenters. The number of benzene rings is 1. The highest BCUT2D eigenvalue weighted by Crippen LogP contribution is 2.38. The lowest BCUT2D eigenvalue weighted by Gasteiger charge is -2.38. The molecule has 2 aromatic rings. The number of halogens is 1. The average molecular weight is 431 g/mol. The zero-order valence-corrected chi connectivity index (χ0v) is 19.1. The summed E-state index contributed by atoms with van der Waals surface area (Å²) in [6.07, 6.45) is 2.63. The minimum Gasteiger partial charge on any atom is -0.333 e. The van der Waals surface area contributed by atoms with Crippen LogP contribution in [0.1, 0.15) is 62.6 Å². The van der Waals surface area contributed by atoms with E-state index >= 15 is 0 Å². The van der Waals surface area contributed by atoms with Gasteiger partial charge in [0.1, 0.15) is 5.82 Å². The molecular weight excluding hydrogens is 399 g/mol. The molecule has 1 aliphatic rings. The number of amides is 2. The van der Waals surface area contributed by atoms with Crippen LogP contribution in [0.4, 0.5) is 4.39 Å². The van der Waals surface area contributed by atoms with Crippen LogP contribution in [0, 0.1) is 11.2 Å². The number of thiophene rings is 1. The summed E-state index contributed by atoms with van der Waals surface area (Å²) in [6.45, 7) is 8.99. The van der Waals surface area contributed by atoms with Gasteiger partial charge in [0.2, 0.25) is 11.8 Å². The maximum absolute atomic E-state index is 13.5. The largest absolute Gasteiger partial charge is 0.333 e. The van der Waals surface area contributed by atoms with E-state index in [1.54, 1.807) is 28.4 Å². The van der Waals surface area contributed by atoms with Crippen LogP contribution in [-0.2, 0) is 16.0 Å². The number of hydrogen-bond donors (Lipinski definition) is 0. The molecule has 1 atom stereocenters. The number of rotatable bonds is 6. The third-order valence-electron chi connectivity index (χ3n) is 5.51. The molecule has 0 saturated carbocycles. The van der Waals surface area contributed by atoms with E-state index in [1.165, 1.54) is 17.0 Å². The fourth-order valence-electron chi connectivity index (χ4n) is 3.92. The molecule has 0 aliphatic carbocycles. The van der Waals surface area contributed by atoms with E-state index in [2.05, 4.69) is 13.0 Å². The fourth-order valence-corrected chi connectivity index (χ4v) is 4.82. The van der Waals surface area contributed by atoms with Crippen LogP contribution in [0.25, 0.3) is 0 Å². The molecule has 1 aromatic heterocycles. The van der Waals surface area contributed by atoms with Crippen molar-refractivity contribution in [3.63, 3.8) is 0 Å². The zero-order chi connectivity index (χ0) is 21.9. The molecule has 0 N–H and O–H groups in total. The Hall–Kier alpha value is -2.21. The van der Waals surface area contributed by atoms with Crippen molar-refractivity contribution >= 4 is 23.2 Å². The van der Waals surface area contributed by atoms with Gasteiger partial charge in [-0.2, -0.15) is 0 Å². The Balaban J connectivity index is 1.88. The first-order chi connectivity index (χ1) is 14.2. The lowest BCUT2D eigenvalue weighted by atomic mass is 9.92. The molecule has 0 saturated heterocycles. The monoisotopic (exact) mass is 430 g/mol. The molecule has 0 fully saturated rings. The van der Waals surface area contributed by atoms with Crippen LogP contribution >= 0.6 is 11.3 Å². The van der Waals surface area contributed by atoms with E-state index in [-0.39, 0.29) is 30.2 Å². The molecule has 162 valence electrons. The molecule has 3 rings (SSSR count). The second-order valence-corrected chi connectivity index (χ2v) is 9.92. The summed E-state index contributed by atoms with van der Waals surface area (Å²) in [6, 6.07) is 8.20. The first-order valence-corrected chi connectivity index (χ1v) is 11.5. The lowest BCUT2D eigenvalue weighted by Crippen LogP contribution is -2.49. The molecule has 6 heteroatoms. The van der Waals surface area contributed by atoms with Crippen molar-refractivity contribution in [2.75, 3.05) is 19.6 Å². The van der Waals surface area contributed by atoms with Crippen LogP contribution in [0.2, 0.25) is 0 Å². The molecule has 2 heterocycles. The number of hydrogen-bond acceptors (Lipinski definition) is 3. The topological polar surface area (TPSA) is 40.6 Å². The normalized spacial score (nSPS) is 16.3. The lowest BCUT2D eigenvalue weighted by molar-refractivity contribution is -0.146. The Bertz CT molecular complexity index is 885. The van der Waals surface area contributed by atoms with E-state index in [9.17, 15) is 14.0 Å². The van der Waals surface area contributed by atoms with E-state index in [1.807, 2.05) is 31.1 Å². The van der Waals surface area contributed by atoms with Gasteiger partial charge in [0, 0.05) is 23.4 Å². The van der Waals surface area contributed by atoms with Crippen LogP contribution in [0.5, 0.6) is 0 Å². The molecule has 0 bridgehead atoms. The van der Waals surface area contributed by atoms with Gasteiger partial charge in [-0.25, -0.2) is 4.39 Å². The summed E-state index contributed by atoms with van der Waals surface area (Å²) in [4.78, 5) is 31.2.